The normalized spacial score (nSPS) is 11.9. The minimum Gasteiger partial charge on any atom is -0.195 e. The molecule has 0 atom stereocenters. The van der Waals surface area contributed by atoms with Crippen LogP contribution in [0.2, 0.25) is 0 Å². The number of aryl methyl sites for hydroxylation is 3. The smallest absolute Gasteiger partial charge is 0.195 e. The van der Waals surface area contributed by atoms with Crippen LogP contribution in [0, 0.1) is 13.8 Å². The lowest BCUT2D eigenvalue weighted by atomic mass is 10.2. The molecular weight excluding hydrogens is 211 g/mol. The largest absolute Gasteiger partial charge is 0.302 e. The molecule has 2 nitrogen and oxygen atoms in total. The fourth-order valence-electron chi connectivity index (χ4n) is 1.16. The third-order valence-corrected chi connectivity index (χ3v) is 3.46. The molecule has 0 fully saturated rings. The van der Waals surface area contributed by atoms with Crippen molar-refractivity contribution in [3.8, 4) is 0 Å². The standard InChI is InChI=1S/C8H11FO2S2/c1-6-5-8(7(2)12-6)3-4-13(9,10)11/h5H,3-4H2,1-2H3. The van der Waals surface area contributed by atoms with Gasteiger partial charge in [-0.15, -0.1) is 15.2 Å². The third-order valence-electron chi connectivity index (χ3n) is 1.76. The molecular formula is C8H11FO2S2. The predicted octanol–water partition coefficient (Wildman–Crippen LogP) is 2.21. The van der Waals surface area contributed by atoms with Crippen molar-refractivity contribution in [1.82, 2.24) is 0 Å². The Kier molecular flexibility index (Phi) is 3.08. The second-order valence-corrected chi connectivity index (χ2v) is 5.88. The van der Waals surface area contributed by atoms with Crippen molar-refractivity contribution in [2.75, 3.05) is 5.75 Å². The summed E-state index contributed by atoms with van der Waals surface area (Å²) in [6.45, 7) is 3.86. The summed E-state index contributed by atoms with van der Waals surface area (Å²) in [6.07, 6.45) is 0.273. The van der Waals surface area contributed by atoms with Crippen molar-refractivity contribution >= 4 is 21.6 Å². The Labute approximate surface area is 81.6 Å². The molecule has 13 heavy (non-hydrogen) atoms. The van der Waals surface area contributed by atoms with Crippen molar-refractivity contribution in [3.05, 3.63) is 21.4 Å². The molecule has 0 aliphatic rings. The van der Waals surface area contributed by atoms with E-state index < -0.39 is 16.0 Å². The minimum absolute atomic E-state index is 0.273. The lowest BCUT2D eigenvalue weighted by Crippen LogP contribution is -2.01. The van der Waals surface area contributed by atoms with Gasteiger partial charge in [-0.1, -0.05) is 0 Å². The summed E-state index contributed by atoms with van der Waals surface area (Å²) in [7, 11) is -4.33. The zero-order valence-electron chi connectivity index (χ0n) is 7.50. The molecule has 0 radical (unpaired) electrons. The summed E-state index contributed by atoms with van der Waals surface area (Å²) < 4.78 is 32.7. The molecule has 74 valence electrons. The van der Waals surface area contributed by atoms with Gasteiger partial charge in [0.25, 0.3) is 0 Å². The van der Waals surface area contributed by atoms with E-state index in [0.29, 0.717) is 0 Å². The van der Waals surface area contributed by atoms with Gasteiger partial charge in [0.1, 0.15) is 0 Å². The molecule has 0 N–H and O–H groups in total. The van der Waals surface area contributed by atoms with E-state index in [4.69, 9.17) is 0 Å². The number of thiophene rings is 1. The Hall–Kier alpha value is -0.420. The molecule has 1 rings (SSSR count). The summed E-state index contributed by atoms with van der Waals surface area (Å²) in [5.41, 5.74) is 0.934. The fraction of sp³-hybridized carbons (Fsp3) is 0.500. The Morgan fingerprint density at radius 3 is 2.46 bits per heavy atom. The van der Waals surface area contributed by atoms with Crippen molar-refractivity contribution in [2.45, 2.75) is 20.3 Å². The van der Waals surface area contributed by atoms with Gasteiger partial charge < -0.3 is 0 Å². The Bertz CT molecular complexity index is 392. The van der Waals surface area contributed by atoms with E-state index in [2.05, 4.69) is 0 Å². The first kappa shape index (κ1) is 10.7. The number of hydrogen-bond donors (Lipinski definition) is 0. The van der Waals surface area contributed by atoms with E-state index in [1.165, 1.54) is 0 Å². The van der Waals surface area contributed by atoms with Crippen molar-refractivity contribution < 1.29 is 12.3 Å². The fourth-order valence-corrected chi connectivity index (χ4v) is 2.60. The van der Waals surface area contributed by atoms with E-state index >= 15 is 0 Å². The number of halogens is 1. The van der Waals surface area contributed by atoms with E-state index in [9.17, 15) is 12.3 Å². The molecule has 0 amide bonds. The van der Waals surface area contributed by atoms with Gasteiger partial charge in [0, 0.05) is 9.75 Å². The van der Waals surface area contributed by atoms with Crippen LogP contribution in [-0.4, -0.2) is 14.2 Å². The van der Waals surface area contributed by atoms with Crippen LogP contribution >= 0.6 is 11.3 Å². The average Bonchev–Trinajstić information content (AvgIpc) is 2.24. The van der Waals surface area contributed by atoms with Crippen LogP contribution < -0.4 is 0 Å². The average molecular weight is 222 g/mol. The van der Waals surface area contributed by atoms with Gasteiger partial charge in [-0.05, 0) is 31.9 Å². The summed E-state index contributed by atoms with van der Waals surface area (Å²) in [6, 6.07) is 1.91. The van der Waals surface area contributed by atoms with E-state index in [1.54, 1.807) is 11.3 Å². The maximum absolute atomic E-state index is 12.2. The second kappa shape index (κ2) is 3.75. The SMILES string of the molecule is Cc1cc(CCS(=O)(=O)F)c(C)s1. The molecule has 0 bridgehead atoms. The molecule has 0 spiro atoms. The maximum atomic E-state index is 12.2. The molecule has 0 aliphatic carbocycles. The van der Waals surface area contributed by atoms with Crippen LogP contribution in [0.15, 0.2) is 6.07 Å². The second-order valence-electron chi connectivity index (χ2n) is 2.93. The lowest BCUT2D eigenvalue weighted by molar-refractivity contribution is 0.551. The first-order valence-corrected chi connectivity index (χ1v) is 6.23. The van der Waals surface area contributed by atoms with Crippen molar-refractivity contribution in [2.24, 2.45) is 0 Å². The van der Waals surface area contributed by atoms with Gasteiger partial charge in [0.15, 0.2) is 0 Å². The quantitative estimate of drug-likeness (QED) is 0.735. The van der Waals surface area contributed by atoms with Crippen LogP contribution in [-0.2, 0) is 16.6 Å². The van der Waals surface area contributed by atoms with Crippen LogP contribution in [0.25, 0.3) is 0 Å². The molecule has 0 saturated heterocycles. The van der Waals surface area contributed by atoms with E-state index in [0.717, 1.165) is 15.3 Å². The monoisotopic (exact) mass is 222 g/mol. The van der Waals surface area contributed by atoms with Crippen LogP contribution in [0.5, 0.6) is 0 Å². The molecule has 0 aliphatic heterocycles. The van der Waals surface area contributed by atoms with Gasteiger partial charge in [0.05, 0.1) is 5.75 Å². The first-order valence-electron chi connectivity index (χ1n) is 3.87. The summed E-state index contributed by atoms with van der Waals surface area (Å²) in [5.74, 6) is -0.413. The Balaban J connectivity index is 2.70. The highest BCUT2D eigenvalue weighted by Crippen LogP contribution is 2.21. The number of rotatable bonds is 3. The zero-order chi connectivity index (χ0) is 10.1. The summed E-state index contributed by atoms with van der Waals surface area (Å²) >= 11 is 1.60. The van der Waals surface area contributed by atoms with Crippen LogP contribution in [0.4, 0.5) is 3.89 Å². The topological polar surface area (TPSA) is 34.1 Å². The highest BCUT2D eigenvalue weighted by atomic mass is 32.3. The highest BCUT2D eigenvalue weighted by molar-refractivity contribution is 7.86. The van der Waals surface area contributed by atoms with Gasteiger partial charge in [-0.3, -0.25) is 0 Å². The van der Waals surface area contributed by atoms with Crippen LogP contribution in [0.3, 0.4) is 0 Å². The molecule has 0 aromatic carbocycles. The van der Waals surface area contributed by atoms with Crippen LogP contribution in [0.1, 0.15) is 15.3 Å². The Morgan fingerprint density at radius 1 is 1.46 bits per heavy atom. The maximum Gasteiger partial charge on any atom is 0.302 e. The van der Waals surface area contributed by atoms with Gasteiger partial charge >= 0.3 is 10.2 Å². The molecule has 5 heteroatoms. The summed E-state index contributed by atoms with van der Waals surface area (Å²) in [4.78, 5) is 2.20. The first-order chi connectivity index (χ1) is 5.88. The molecule has 1 aromatic rings. The Morgan fingerprint density at radius 2 is 2.08 bits per heavy atom. The highest BCUT2D eigenvalue weighted by Gasteiger charge is 2.10. The number of hydrogen-bond acceptors (Lipinski definition) is 3. The lowest BCUT2D eigenvalue weighted by Gasteiger charge is -1.95. The minimum atomic E-state index is -4.33. The molecule has 1 heterocycles. The van der Waals surface area contributed by atoms with Gasteiger partial charge in [-0.25, -0.2) is 0 Å². The van der Waals surface area contributed by atoms with E-state index in [1.807, 2.05) is 19.9 Å². The molecule has 1 aromatic heterocycles. The van der Waals surface area contributed by atoms with Gasteiger partial charge in [-0.2, -0.15) is 8.42 Å². The third kappa shape index (κ3) is 3.44. The van der Waals surface area contributed by atoms with Gasteiger partial charge in [0.2, 0.25) is 0 Å². The molecule has 0 saturated carbocycles. The van der Waals surface area contributed by atoms with Crippen molar-refractivity contribution in [1.29, 1.82) is 0 Å². The zero-order valence-corrected chi connectivity index (χ0v) is 9.14. The predicted molar refractivity (Wildman–Crippen MR) is 52.4 cm³/mol. The van der Waals surface area contributed by atoms with E-state index in [-0.39, 0.29) is 6.42 Å². The molecule has 0 unspecified atom stereocenters. The summed E-state index contributed by atoms with van der Waals surface area (Å²) in [5, 5.41) is 0. The van der Waals surface area contributed by atoms with Crippen molar-refractivity contribution in [3.63, 3.8) is 0 Å².